The summed E-state index contributed by atoms with van der Waals surface area (Å²) in [4.78, 5) is 16.3. The van der Waals surface area contributed by atoms with Crippen molar-refractivity contribution in [1.82, 2.24) is 9.88 Å². The summed E-state index contributed by atoms with van der Waals surface area (Å²) in [6.07, 6.45) is 2.95. The quantitative estimate of drug-likeness (QED) is 0.818. The van der Waals surface area contributed by atoms with Gasteiger partial charge in [-0.3, -0.25) is 9.69 Å². The van der Waals surface area contributed by atoms with Crippen molar-refractivity contribution in [2.45, 2.75) is 6.42 Å². The van der Waals surface area contributed by atoms with Crippen LogP contribution >= 0.6 is 0 Å². The number of hydrogen-bond acceptors (Lipinski definition) is 3. The van der Waals surface area contributed by atoms with Crippen LogP contribution in [0.15, 0.2) is 30.5 Å². The third kappa shape index (κ3) is 2.90. The fourth-order valence-electron chi connectivity index (χ4n) is 2.01. The molecule has 0 aliphatic heterocycles. The molecule has 2 aromatic rings. The Bertz CT molecular complexity index is 533. The molecule has 1 N–H and O–H groups in total. The van der Waals surface area contributed by atoms with Gasteiger partial charge in [0.25, 0.3) is 0 Å². The maximum absolute atomic E-state index is 11.1. The van der Waals surface area contributed by atoms with Gasteiger partial charge in [0.2, 0.25) is 0 Å². The highest BCUT2D eigenvalue weighted by Gasteiger charge is 2.08. The molecule has 96 valence electrons. The second-order valence-electron chi connectivity index (χ2n) is 4.42. The van der Waals surface area contributed by atoms with Crippen LogP contribution in [0.4, 0.5) is 0 Å². The number of rotatable bonds is 5. The van der Waals surface area contributed by atoms with Crippen LogP contribution in [-0.2, 0) is 16.0 Å². The Hall–Kier alpha value is -1.81. The lowest BCUT2D eigenvalue weighted by Gasteiger charge is -2.14. The second-order valence-corrected chi connectivity index (χ2v) is 4.42. The average Bonchev–Trinajstić information content (AvgIpc) is 2.79. The lowest BCUT2D eigenvalue weighted by molar-refractivity contribution is -0.141. The van der Waals surface area contributed by atoms with Crippen molar-refractivity contribution in [2.24, 2.45) is 0 Å². The van der Waals surface area contributed by atoms with Gasteiger partial charge >= 0.3 is 5.97 Å². The van der Waals surface area contributed by atoms with E-state index < -0.39 is 0 Å². The zero-order valence-electron chi connectivity index (χ0n) is 10.8. The van der Waals surface area contributed by atoms with Crippen molar-refractivity contribution in [3.63, 3.8) is 0 Å². The van der Waals surface area contributed by atoms with Crippen LogP contribution < -0.4 is 0 Å². The Morgan fingerprint density at radius 2 is 2.17 bits per heavy atom. The second kappa shape index (κ2) is 5.69. The van der Waals surface area contributed by atoms with Crippen LogP contribution in [0.2, 0.25) is 0 Å². The first-order chi connectivity index (χ1) is 8.70. The molecule has 1 aromatic heterocycles. The van der Waals surface area contributed by atoms with Crippen LogP contribution in [-0.4, -0.2) is 43.1 Å². The Labute approximate surface area is 107 Å². The molecule has 0 amide bonds. The minimum absolute atomic E-state index is 0.198. The molecular weight excluding hydrogens is 228 g/mol. The molecule has 4 heteroatoms. The first-order valence-electron chi connectivity index (χ1n) is 6.01. The first-order valence-corrected chi connectivity index (χ1v) is 6.01. The number of nitrogens with one attached hydrogen (secondary N) is 1. The Morgan fingerprint density at radius 1 is 1.39 bits per heavy atom. The van der Waals surface area contributed by atoms with E-state index in [9.17, 15) is 4.79 Å². The number of carbonyl (C=O) groups is 1. The van der Waals surface area contributed by atoms with Gasteiger partial charge in [0.15, 0.2) is 0 Å². The molecule has 0 unspecified atom stereocenters. The molecular formula is C14H18N2O2. The van der Waals surface area contributed by atoms with E-state index in [1.807, 2.05) is 30.3 Å². The van der Waals surface area contributed by atoms with Crippen LogP contribution in [0.25, 0.3) is 10.9 Å². The SMILES string of the molecule is COC(=O)CN(C)CCc1c[nH]c2ccccc12. The summed E-state index contributed by atoms with van der Waals surface area (Å²) in [5.41, 5.74) is 2.44. The Morgan fingerprint density at radius 3 is 2.94 bits per heavy atom. The van der Waals surface area contributed by atoms with E-state index in [0.29, 0.717) is 6.54 Å². The average molecular weight is 246 g/mol. The van der Waals surface area contributed by atoms with Gasteiger partial charge in [-0.05, 0) is 25.1 Å². The molecule has 0 aliphatic carbocycles. The van der Waals surface area contributed by atoms with Crippen LogP contribution in [0, 0.1) is 0 Å². The molecule has 0 fully saturated rings. The van der Waals surface area contributed by atoms with Crippen LogP contribution in [0.5, 0.6) is 0 Å². The van der Waals surface area contributed by atoms with E-state index in [4.69, 9.17) is 0 Å². The number of benzene rings is 1. The minimum atomic E-state index is -0.198. The fourth-order valence-corrected chi connectivity index (χ4v) is 2.01. The molecule has 0 radical (unpaired) electrons. The number of H-pyrrole nitrogens is 1. The maximum atomic E-state index is 11.1. The van der Waals surface area contributed by atoms with Gasteiger partial charge in [0, 0.05) is 23.6 Å². The number of aromatic amines is 1. The number of ether oxygens (including phenoxy) is 1. The number of methoxy groups -OCH3 is 1. The van der Waals surface area contributed by atoms with Crippen LogP contribution in [0.1, 0.15) is 5.56 Å². The molecule has 0 atom stereocenters. The highest BCUT2D eigenvalue weighted by atomic mass is 16.5. The van der Waals surface area contributed by atoms with Crippen molar-refractivity contribution in [2.75, 3.05) is 27.2 Å². The number of esters is 1. The van der Waals surface area contributed by atoms with E-state index >= 15 is 0 Å². The summed E-state index contributed by atoms with van der Waals surface area (Å²) in [5, 5.41) is 1.25. The summed E-state index contributed by atoms with van der Waals surface area (Å²) in [6.45, 7) is 1.16. The van der Waals surface area contributed by atoms with Gasteiger partial charge in [-0.15, -0.1) is 0 Å². The predicted molar refractivity (Wildman–Crippen MR) is 71.5 cm³/mol. The summed E-state index contributed by atoms with van der Waals surface area (Å²) < 4.78 is 4.64. The van der Waals surface area contributed by atoms with E-state index in [1.54, 1.807) is 0 Å². The molecule has 0 saturated carbocycles. The van der Waals surface area contributed by atoms with E-state index in [2.05, 4.69) is 21.9 Å². The lowest BCUT2D eigenvalue weighted by Crippen LogP contribution is -2.28. The van der Waals surface area contributed by atoms with Crippen molar-refractivity contribution in [3.05, 3.63) is 36.0 Å². The number of nitrogens with zero attached hydrogens (tertiary/aromatic N) is 1. The van der Waals surface area contributed by atoms with E-state index in [1.165, 1.54) is 18.1 Å². The summed E-state index contributed by atoms with van der Waals surface area (Å²) in [7, 11) is 3.33. The minimum Gasteiger partial charge on any atom is -0.468 e. The number of aromatic nitrogens is 1. The smallest absolute Gasteiger partial charge is 0.319 e. The van der Waals surface area contributed by atoms with Gasteiger partial charge in [0.1, 0.15) is 0 Å². The van der Waals surface area contributed by atoms with Gasteiger partial charge in [0.05, 0.1) is 13.7 Å². The number of para-hydroxylation sites is 1. The van der Waals surface area contributed by atoms with Crippen molar-refractivity contribution < 1.29 is 9.53 Å². The van der Waals surface area contributed by atoms with E-state index in [0.717, 1.165) is 18.5 Å². The number of carbonyl (C=O) groups excluding carboxylic acids is 1. The number of hydrogen-bond donors (Lipinski definition) is 1. The van der Waals surface area contributed by atoms with Crippen molar-refractivity contribution in [1.29, 1.82) is 0 Å². The summed E-state index contributed by atoms with van der Waals surface area (Å²) in [6, 6.07) is 8.24. The van der Waals surface area contributed by atoms with Gasteiger partial charge in [-0.2, -0.15) is 0 Å². The number of fused-ring (bicyclic) bond motifs is 1. The molecule has 18 heavy (non-hydrogen) atoms. The molecule has 0 aliphatic rings. The van der Waals surface area contributed by atoms with Crippen molar-refractivity contribution in [3.8, 4) is 0 Å². The zero-order chi connectivity index (χ0) is 13.0. The predicted octanol–water partition coefficient (Wildman–Crippen LogP) is 1.82. The molecule has 0 spiro atoms. The van der Waals surface area contributed by atoms with Gasteiger partial charge in [-0.25, -0.2) is 0 Å². The number of likely N-dealkylation sites (N-methyl/N-ethyl adjacent to an activating group) is 1. The molecule has 0 saturated heterocycles. The van der Waals surface area contributed by atoms with Crippen molar-refractivity contribution >= 4 is 16.9 Å². The summed E-state index contributed by atoms with van der Waals surface area (Å²) in [5.74, 6) is -0.198. The van der Waals surface area contributed by atoms with Gasteiger partial charge in [-0.1, -0.05) is 18.2 Å². The first kappa shape index (κ1) is 12.6. The highest BCUT2D eigenvalue weighted by molar-refractivity contribution is 5.83. The third-order valence-electron chi connectivity index (χ3n) is 3.06. The Kier molecular flexibility index (Phi) is 3.99. The maximum Gasteiger partial charge on any atom is 0.319 e. The Balaban J connectivity index is 1.96. The third-order valence-corrected chi connectivity index (χ3v) is 3.06. The van der Waals surface area contributed by atoms with Crippen LogP contribution in [0.3, 0.4) is 0 Å². The summed E-state index contributed by atoms with van der Waals surface area (Å²) >= 11 is 0. The monoisotopic (exact) mass is 246 g/mol. The lowest BCUT2D eigenvalue weighted by atomic mass is 10.1. The molecule has 0 bridgehead atoms. The highest BCUT2D eigenvalue weighted by Crippen LogP contribution is 2.18. The molecule has 2 rings (SSSR count). The normalized spacial score (nSPS) is 11.1. The zero-order valence-corrected chi connectivity index (χ0v) is 10.8. The van der Waals surface area contributed by atoms with E-state index in [-0.39, 0.29) is 5.97 Å². The molecule has 1 aromatic carbocycles. The molecule has 1 heterocycles. The van der Waals surface area contributed by atoms with Gasteiger partial charge < -0.3 is 9.72 Å². The fraction of sp³-hybridized carbons (Fsp3) is 0.357. The molecule has 4 nitrogen and oxygen atoms in total. The topological polar surface area (TPSA) is 45.3 Å². The largest absolute Gasteiger partial charge is 0.468 e. The standard InChI is InChI=1S/C14H18N2O2/c1-16(10-14(17)18-2)8-7-11-9-15-13-6-4-3-5-12(11)13/h3-6,9,15H,7-8,10H2,1-2H3.